The molecular weight excluding hydrogens is 380 g/mol. The highest BCUT2D eigenvalue weighted by molar-refractivity contribution is 5.94. The van der Waals surface area contributed by atoms with Crippen LogP contribution >= 0.6 is 0 Å². The lowest BCUT2D eigenvalue weighted by Gasteiger charge is -2.11. The highest BCUT2D eigenvalue weighted by Crippen LogP contribution is 2.23. The molecule has 1 saturated heterocycles. The van der Waals surface area contributed by atoms with Gasteiger partial charge in [-0.1, -0.05) is 42.5 Å². The summed E-state index contributed by atoms with van der Waals surface area (Å²) in [6.45, 7) is 0.603. The maximum absolute atomic E-state index is 12.3. The van der Waals surface area contributed by atoms with Crippen molar-refractivity contribution in [1.29, 1.82) is 0 Å². The average molecular weight is 402 g/mol. The first kappa shape index (κ1) is 19.6. The summed E-state index contributed by atoms with van der Waals surface area (Å²) in [5.41, 5.74) is 3.53. The SMILES string of the molecule is O=C1CCC(c2ccc(C(=O)NCCOc3ncc(-c4ccccc4)cn3)cc2)N1. The van der Waals surface area contributed by atoms with Gasteiger partial charge in [-0.15, -0.1) is 0 Å². The lowest BCUT2D eigenvalue weighted by molar-refractivity contribution is -0.119. The van der Waals surface area contributed by atoms with E-state index in [-0.39, 0.29) is 30.5 Å². The van der Waals surface area contributed by atoms with Crippen LogP contribution < -0.4 is 15.4 Å². The number of hydrogen-bond acceptors (Lipinski definition) is 5. The second-order valence-electron chi connectivity index (χ2n) is 7.01. The molecule has 1 atom stereocenters. The molecule has 7 heteroatoms. The number of carbonyl (C=O) groups is 2. The van der Waals surface area contributed by atoms with E-state index >= 15 is 0 Å². The summed E-state index contributed by atoms with van der Waals surface area (Å²) in [6.07, 6.45) is 4.76. The van der Waals surface area contributed by atoms with Gasteiger partial charge in [-0.3, -0.25) is 9.59 Å². The van der Waals surface area contributed by atoms with E-state index in [0.717, 1.165) is 23.1 Å². The van der Waals surface area contributed by atoms with Crippen LogP contribution in [0.1, 0.15) is 34.8 Å². The van der Waals surface area contributed by atoms with E-state index in [1.165, 1.54) is 0 Å². The predicted molar refractivity (Wildman–Crippen MR) is 112 cm³/mol. The standard InChI is InChI=1S/C23H22N4O3/c28-21-11-10-20(27-21)17-6-8-18(9-7-17)22(29)24-12-13-30-23-25-14-19(15-26-23)16-4-2-1-3-5-16/h1-9,14-15,20H,10-13H2,(H,24,29)(H,27,28). The molecule has 2 amide bonds. The van der Waals surface area contributed by atoms with Gasteiger partial charge in [-0.2, -0.15) is 0 Å². The third kappa shape index (κ3) is 4.81. The second-order valence-corrected chi connectivity index (χ2v) is 7.01. The first-order valence-corrected chi connectivity index (χ1v) is 9.87. The van der Waals surface area contributed by atoms with Gasteiger partial charge in [0.2, 0.25) is 5.91 Å². The van der Waals surface area contributed by atoms with Crippen molar-refractivity contribution in [2.75, 3.05) is 13.2 Å². The molecule has 1 aromatic heterocycles. The van der Waals surface area contributed by atoms with Crippen molar-refractivity contribution in [3.63, 3.8) is 0 Å². The van der Waals surface area contributed by atoms with Gasteiger partial charge < -0.3 is 15.4 Å². The van der Waals surface area contributed by atoms with E-state index in [1.807, 2.05) is 42.5 Å². The zero-order valence-corrected chi connectivity index (χ0v) is 16.4. The Labute approximate surface area is 174 Å². The molecule has 0 bridgehead atoms. The van der Waals surface area contributed by atoms with Gasteiger partial charge >= 0.3 is 6.01 Å². The van der Waals surface area contributed by atoms with E-state index in [4.69, 9.17) is 4.74 Å². The number of aromatic nitrogens is 2. The number of benzene rings is 2. The number of nitrogens with zero attached hydrogens (tertiary/aromatic N) is 2. The molecule has 1 fully saturated rings. The van der Waals surface area contributed by atoms with E-state index in [1.54, 1.807) is 24.5 Å². The molecule has 7 nitrogen and oxygen atoms in total. The fraction of sp³-hybridized carbons (Fsp3) is 0.217. The minimum atomic E-state index is -0.180. The van der Waals surface area contributed by atoms with Gasteiger partial charge in [0.15, 0.2) is 0 Å². The quantitative estimate of drug-likeness (QED) is 0.593. The molecule has 1 aliphatic rings. The van der Waals surface area contributed by atoms with Crippen molar-refractivity contribution in [1.82, 2.24) is 20.6 Å². The third-order valence-corrected chi connectivity index (χ3v) is 4.92. The maximum atomic E-state index is 12.3. The first-order chi connectivity index (χ1) is 14.7. The fourth-order valence-corrected chi connectivity index (χ4v) is 3.31. The number of amides is 2. The fourth-order valence-electron chi connectivity index (χ4n) is 3.31. The summed E-state index contributed by atoms with van der Waals surface area (Å²) in [5, 5.41) is 5.73. The number of ether oxygens (including phenoxy) is 1. The monoisotopic (exact) mass is 402 g/mol. The normalized spacial score (nSPS) is 15.5. The van der Waals surface area contributed by atoms with Crippen molar-refractivity contribution in [3.8, 4) is 17.1 Å². The maximum Gasteiger partial charge on any atom is 0.316 e. The molecule has 2 N–H and O–H groups in total. The Balaban J connectivity index is 1.22. The summed E-state index contributed by atoms with van der Waals surface area (Å²) < 4.78 is 5.50. The van der Waals surface area contributed by atoms with Gasteiger partial charge in [0.1, 0.15) is 6.61 Å². The number of rotatable bonds is 7. The van der Waals surface area contributed by atoms with E-state index in [9.17, 15) is 9.59 Å². The Bertz CT molecular complexity index is 1000. The van der Waals surface area contributed by atoms with Gasteiger partial charge in [0.25, 0.3) is 5.91 Å². The van der Waals surface area contributed by atoms with Gasteiger partial charge in [-0.05, 0) is 29.7 Å². The Morgan fingerprint density at radius 3 is 2.43 bits per heavy atom. The van der Waals surface area contributed by atoms with Crippen LogP contribution in [0.3, 0.4) is 0 Å². The Hall–Kier alpha value is -3.74. The van der Waals surface area contributed by atoms with Crippen LogP contribution in [-0.2, 0) is 4.79 Å². The molecule has 4 rings (SSSR count). The summed E-state index contributed by atoms with van der Waals surface area (Å²) in [6, 6.07) is 17.5. The molecule has 2 aromatic carbocycles. The Morgan fingerprint density at radius 1 is 1.03 bits per heavy atom. The zero-order chi connectivity index (χ0) is 20.8. The van der Waals surface area contributed by atoms with Crippen molar-refractivity contribution >= 4 is 11.8 Å². The van der Waals surface area contributed by atoms with E-state index in [2.05, 4.69) is 20.6 Å². The zero-order valence-electron chi connectivity index (χ0n) is 16.4. The van der Waals surface area contributed by atoms with Gasteiger partial charge in [0.05, 0.1) is 12.6 Å². The molecule has 0 spiro atoms. The molecule has 2 heterocycles. The molecule has 3 aromatic rings. The summed E-state index contributed by atoms with van der Waals surface area (Å²) in [4.78, 5) is 32.0. The molecule has 0 aliphatic carbocycles. The molecule has 0 saturated carbocycles. The summed E-state index contributed by atoms with van der Waals surface area (Å²) in [5.74, 6) is -0.110. The van der Waals surface area contributed by atoms with E-state index < -0.39 is 0 Å². The van der Waals surface area contributed by atoms with Crippen LogP contribution in [-0.4, -0.2) is 34.9 Å². The van der Waals surface area contributed by atoms with Crippen molar-refractivity contribution in [2.45, 2.75) is 18.9 Å². The van der Waals surface area contributed by atoms with Crippen LogP contribution in [0.4, 0.5) is 0 Å². The van der Waals surface area contributed by atoms with Crippen molar-refractivity contribution in [3.05, 3.63) is 78.1 Å². The summed E-state index contributed by atoms with van der Waals surface area (Å²) >= 11 is 0. The van der Waals surface area contributed by atoms with Crippen molar-refractivity contribution in [2.24, 2.45) is 0 Å². The molecule has 152 valence electrons. The smallest absolute Gasteiger partial charge is 0.316 e. The van der Waals surface area contributed by atoms with Crippen LogP contribution in [0, 0.1) is 0 Å². The Kier molecular flexibility index (Phi) is 5.98. The van der Waals surface area contributed by atoms with Crippen LogP contribution in [0.15, 0.2) is 67.0 Å². The van der Waals surface area contributed by atoms with Gasteiger partial charge in [0, 0.05) is 29.9 Å². The number of carbonyl (C=O) groups excluding carboxylic acids is 2. The number of nitrogens with one attached hydrogen (secondary N) is 2. The Morgan fingerprint density at radius 2 is 1.77 bits per heavy atom. The highest BCUT2D eigenvalue weighted by Gasteiger charge is 2.22. The molecule has 30 heavy (non-hydrogen) atoms. The minimum Gasteiger partial charge on any atom is -0.462 e. The van der Waals surface area contributed by atoms with Gasteiger partial charge in [-0.25, -0.2) is 9.97 Å². The number of hydrogen-bond donors (Lipinski definition) is 2. The average Bonchev–Trinajstić information content (AvgIpc) is 3.24. The predicted octanol–water partition coefficient (Wildman–Crippen LogP) is 2.90. The lowest BCUT2D eigenvalue weighted by atomic mass is 10.0. The molecule has 0 radical (unpaired) electrons. The van der Waals surface area contributed by atoms with Crippen LogP contribution in [0.25, 0.3) is 11.1 Å². The first-order valence-electron chi connectivity index (χ1n) is 9.87. The van der Waals surface area contributed by atoms with Crippen LogP contribution in [0.5, 0.6) is 6.01 Å². The molecule has 1 unspecified atom stereocenters. The van der Waals surface area contributed by atoms with E-state index in [0.29, 0.717) is 18.5 Å². The largest absolute Gasteiger partial charge is 0.462 e. The molecule has 1 aliphatic heterocycles. The lowest BCUT2D eigenvalue weighted by Crippen LogP contribution is -2.28. The molecular formula is C23H22N4O3. The second kappa shape index (κ2) is 9.17. The highest BCUT2D eigenvalue weighted by atomic mass is 16.5. The summed E-state index contributed by atoms with van der Waals surface area (Å²) in [7, 11) is 0. The van der Waals surface area contributed by atoms with Crippen LogP contribution in [0.2, 0.25) is 0 Å². The topological polar surface area (TPSA) is 93.2 Å². The third-order valence-electron chi connectivity index (χ3n) is 4.92. The van der Waals surface area contributed by atoms with Crippen molar-refractivity contribution < 1.29 is 14.3 Å². The minimum absolute atomic E-state index is 0.0382.